The van der Waals surface area contributed by atoms with Gasteiger partial charge in [-0.25, -0.2) is 0 Å². The van der Waals surface area contributed by atoms with Crippen LogP contribution in [0.15, 0.2) is 84.9 Å². The maximum absolute atomic E-state index is 12.0. The first-order valence-electron chi connectivity index (χ1n) is 10.9. The summed E-state index contributed by atoms with van der Waals surface area (Å²) in [6.07, 6.45) is 0. The van der Waals surface area contributed by atoms with E-state index in [2.05, 4.69) is 69.3 Å². The number of primary amides is 1. The molecule has 0 bridgehead atoms. The molecule has 1 heterocycles. The van der Waals surface area contributed by atoms with E-state index >= 15 is 0 Å². The molecule has 1 aliphatic heterocycles. The van der Waals surface area contributed by atoms with Crippen LogP contribution in [0.2, 0.25) is 0 Å². The highest BCUT2D eigenvalue weighted by Gasteiger charge is 2.19. The fraction of sp³-hybridized carbons (Fsp3) is 0.269. The predicted molar refractivity (Wildman–Crippen MR) is 128 cm³/mol. The van der Waals surface area contributed by atoms with Crippen molar-refractivity contribution >= 4 is 17.3 Å². The second-order valence-electron chi connectivity index (χ2n) is 7.95. The van der Waals surface area contributed by atoms with Crippen molar-refractivity contribution in [3.8, 4) is 0 Å². The number of carbonyl (C=O) groups is 1. The Hall–Kier alpha value is -3.31. The molecule has 5 nitrogen and oxygen atoms in total. The van der Waals surface area contributed by atoms with Gasteiger partial charge in [0, 0.05) is 57.2 Å². The summed E-state index contributed by atoms with van der Waals surface area (Å²) in [6.45, 7) is 6.65. The van der Waals surface area contributed by atoms with E-state index in [1.54, 1.807) is 0 Å². The second-order valence-corrected chi connectivity index (χ2v) is 7.95. The number of anilines is 2. The summed E-state index contributed by atoms with van der Waals surface area (Å²) >= 11 is 0. The quantitative estimate of drug-likeness (QED) is 0.612. The van der Waals surface area contributed by atoms with E-state index in [1.807, 2.05) is 30.3 Å². The number of amides is 1. The van der Waals surface area contributed by atoms with Crippen LogP contribution in [0.4, 0.5) is 11.4 Å². The Labute approximate surface area is 184 Å². The van der Waals surface area contributed by atoms with Crippen molar-refractivity contribution in [1.29, 1.82) is 0 Å². The third-order valence-corrected chi connectivity index (χ3v) is 5.91. The Kier molecular flexibility index (Phi) is 6.85. The minimum Gasteiger partial charge on any atom is -0.369 e. The second kappa shape index (κ2) is 10.1. The van der Waals surface area contributed by atoms with Gasteiger partial charge < -0.3 is 15.5 Å². The van der Waals surface area contributed by atoms with Gasteiger partial charge >= 0.3 is 0 Å². The number of nitrogens with zero attached hydrogens (tertiary/aromatic N) is 3. The molecule has 3 aromatic carbocycles. The summed E-state index contributed by atoms with van der Waals surface area (Å²) in [5.74, 6) is -0.384. The fourth-order valence-electron chi connectivity index (χ4n) is 4.18. The first kappa shape index (κ1) is 20.9. The monoisotopic (exact) mass is 414 g/mol. The predicted octanol–water partition coefficient (Wildman–Crippen LogP) is 3.61. The standard InChI is InChI=1S/C26H30N4O/c27-26(31)24-13-7-8-14-25(24)30(21-22-9-3-1-4-10-22)20-17-28-15-18-29(19-16-28)23-11-5-2-6-12-23/h1-14H,15-21H2,(H2,27,31). The van der Waals surface area contributed by atoms with Crippen molar-refractivity contribution in [1.82, 2.24) is 4.90 Å². The molecule has 0 saturated carbocycles. The first-order valence-corrected chi connectivity index (χ1v) is 10.9. The minimum absolute atomic E-state index is 0.384. The summed E-state index contributed by atoms with van der Waals surface area (Å²) in [5.41, 5.74) is 9.67. The number of piperazine rings is 1. The summed E-state index contributed by atoms with van der Waals surface area (Å²) in [6, 6.07) is 28.6. The van der Waals surface area contributed by atoms with Crippen LogP contribution in [-0.4, -0.2) is 50.1 Å². The molecule has 0 unspecified atom stereocenters. The van der Waals surface area contributed by atoms with E-state index in [0.29, 0.717) is 5.56 Å². The topological polar surface area (TPSA) is 52.8 Å². The van der Waals surface area contributed by atoms with Crippen molar-refractivity contribution in [2.75, 3.05) is 49.1 Å². The summed E-state index contributed by atoms with van der Waals surface area (Å²) < 4.78 is 0. The van der Waals surface area contributed by atoms with Crippen molar-refractivity contribution in [3.05, 3.63) is 96.1 Å². The number of hydrogen-bond donors (Lipinski definition) is 1. The third-order valence-electron chi connectivity index (χ3n) is 5.91. The van der Waals surface area contributed by atoms with Crippen molar-refractivity contribution in [3.63, 3.8) is 0 Å². The van der Waals surface area contributed by atoms with E-state index in [0.717, 1.165) is 51.5 Å². The zero-order valence-electron chi connectivity index (χ0n) is 17.9. The molecule has 5 heteroatoms. The number of benzene rings is 3. The third kappa shape index (κ3) is 5.44. The lowest BCUT2D eigenvalue weighted by Crippen LogP contribution is -2.48. The van der Waals surface area contributed by atoms with Gasteiger partial charge in [0.2, 0.25) is 0 Å². The van der Waals surface area contributed by atoms with Gasteiger partial charge in [-0.2, -0.15) is 0 Å². The summed E-state index contributed by atoms with van der Waals surface area (Å²) in [5, 5.41) is 0. The van der Waals surface area contributed by atoms with Crippen LogP contribution in [0.3, 0.4) is 0 Å². The van der Waals surface area contributed by atoms with Crippen molar-refractivity contribution in [2.45, 2.75) is 6.54 Å². The van der Waals surface area contributed by atoms with Gasteiger partial charge in [0.1, 0.15) is 0 Å². The highest BCUT2D eigenvalue weighted by molar-refractivity contribution is 5.98. The molecule has 31 heavy (non-hydrogen) atoms. The molecule has 0 aromatic heterocycles. The molecule has 3 aromatic rings. The molecule has 1 saturated heterocycles. The van der Waals surface area contributed by atoms with E-state index in [-0.39, 0.29) is 5.91 Å². The molecule has 0 radical (unpaired) electrons. The number of nitrogens with two attached hydrogens (primary N) is 1. The maximum Gasteiger partial charge on any atom is 0.250 e. The van der Waals surface area contributed by atoms with Crippen molar-refractivity contribution in [2.24, 2.45) is 5.73 Å². The molecular weight excluding hydrogens is 384 g/mol. The lowest BCUT2D eigenvalue weighted by Gasteiger charge is -2.37. The average Bonchev–Trinajstić information content (AvgIpc) is 2.83. The van der Waals surface area contributed by atoms with Crippen LogP contribution in [0.5, 0.6) is 0 Å². The number of carbonyl (C=O) groups excluding carboxylic acids is 1. The first-order chi connectivity index (χ1) is 15.2. The van der Waals surface area contributed by atoms with E-state index in [9.17, 15) is 4.79 Å². The normalized spacial score (nSPS) is 14.4. The molecule has 1 amide bonds. The van der Waals surface area contributed by atoms with Crippen molar-refractivity contribution < 1.29 is 4.79 Å². The molecule has 160 valence electrons. The minimum atomic E-state index is -0.384. The molecule has 0 spiro atoms. The molecule has 0 aliphatic carbocycles. The van der Waals surface area contributed by atoms with Gasteiger partial charge in [0.05, 0.1) is 5.56 Å². The van der Waals surface area contributed by atoms with Crippen LogP contribution in [0, 0.1) is 0 Å². The lowest BCUT2D eigenvalue weighted by molar-refractivity contribution is 0.100. The number of rotatable bonds is 8. The fourth-order valence-corrected chi connectivity index (χ4v) is 4.18. The van der Waals surface area contributed by atoms with Gasteiger partial charge in [-0.1, -0.05) is 60.7 Å². The molecule has 1 aliphatic rings. The van der Waals surface area contributed by atoms with Gasteiger partial charge in [0.15, 0.2) is 0 Å². The van der Waals surface area contributed by atoms with Gasteiger partial charge in [-0.05, 0) is 29.8 Å². The van der Waals surface area contributed by atoms with Gasteiger partial charge in [0.25, 0.3) is 5.91 Å². The Balaban J connectivity index is 1.43. The van der Waals surface area contributed by atoms with E-state index < -0.39 is 0 Å². The highest BCUT2D eigenvalue weighted by Crippen LogP contribution is 2.23. The SMILES string of the molecule is NC(=O)c1ccccc1N(CCN1CCN(c2ccccc2)CC1)Cc1ccccc1. The average molecular weight is 415 g/mol. The molecule has 0 atom stereocenters. The Morgan fingerprint density at radius 1 is 0.806 bits per heavy atom. The van der Waals surface area contributed by atoms with E-state index in [1.165, 1.54) is 11.3 Å². The maximum atomic E-state index is 12.0. The Bertz CT molecular complexity index is 969. The van der Waals surface area contributed by atoms with E-state index in [4.69, 9.17) is 5.73 Å². The zero-order chi connectivity index (χ0) is 21.5. The van der Waals surface area contributed by atoms with Gasteiger partial charge in [-0.15, -0.1) is 0 Å². The lowest BCUT2D eigenvalue weighted by atomic mass is 10.1. The molecule has 1 fully saturated rings. The number of hydrogen-bond acceptors (Lipinski definition) is 4. The number of para-hydroxylation sites is 2. The zero-order valence-corrected chi connectivity index (χ0v) is 17.9. The largest absolute Gasteiger partial charge is 0.369 e. The molecule has 4 rings (SSSR count). The van der Waals surface area contributed by atoms with Crippen LogP contribution in [0.1, 0.15) is 15.9 Å². The molecular formula is C26H30N4O. The van der Waals surface area contributed by atoms with Crippen LogP contribution in [0.25, 0.3) is 0 Å². The summed E-state index contributed by atoms with van der Waals surface area (Å²) in [4.78, 5) is 19.3. The van der Waals surface area contributed by atoms with Gasteiger partial charge in [-0.3, -0.25) is 9.69 Å². The highest BCUT2D eigenvalue weighted by atomic mass is 16.1. The van der Waals surface area contributed by atoms with Crippen LogP contribution >= 0.6 is 0 Å². The van der Waals surface area contributed by atoms with Crippen LogP contribution < -0.4 is 15.5 Å². The summed E-state index contributed by atoms with van der Waals surface area (Å²) in [7, 11) is 0. The Morgan fingerprint density at radius 3 is 2.10 bits per heavy atom. The Morgan fingerprint density at radius 2 is 1.42 bits per heavy atom. The van der Waals surface area contributed by atoms with Crippen LogP contribution in [-0.2, 0) is 6.54 Å². The smallest absolute Gasteiger partial charge is 0.250 e. The molecule has 2 N–H and O–H groups in total.